The van der Waals surface area contributed by atoms with Crippen LogP contribution in [-0.4, -0.2) is 11.9 Å². The van der Waals surface area contributed by atoms with E-state index in [4.69, 9.17) is 9.47 Å². The molecule has 0 heterocycles. The summed E-state index contributed by atoms with van der Waals surface area (Å²) >= 11 is 0. The van der Waals surface area contributed by atoms with Gasteiger partial charge in [-0.1, -0.05) is 43.0 Å². The third-order valence-corrected chi connectivity index (χ3v) is 3.90. The van der Waals surface area contributed by atoms with Gasteiger partial charge in [0.2, 0.25) is 0 Å². The molecule has 144 valence electrons. The Morgan fingerprint density at radius 1 is 0.724 bits per heavy atom. The van der Waals surface area contributed by atoms with Crippen LogP contribution in [-0.2, 0) is 4.79 Å². The predicted octanol–water partition coefficient (Wildman–Crippen LogP) is 5.31. The normalized spacial score (nSPS) is 10.5. The molecule has 0 aliphatic rings. The number of hydrogen-bond donors (Lipinski definition) is 0. The summed E-state index contributed by atoms with van der Waals surface area (Å²) < 4.78 is 23.2. The van der Waals surface area contributed by atoms with Crippen molar-refractivity contribution in [1.82, 2.24) is 0 Å². The lowest BCUT2D eigenvalue weighted by Gasteiger charge is -2.06. The van der Waals surface area contributed by atoms with Gasteiger partial charge in [0.25, 0.3) is 0 Å². The molecule has 0 amide bonds. The van der Waals surface area contributed by atoms with Crippen molar-refractivity contribution in [3.63, 3.8) is 0 Å². The van der Waals surface area contributed by atoms with Crippen molar-refractivity contribution in [1.29, 1.82) is 0 Å². The second kappa shape index (κ2) is 9.28. The summed E-state index contributed by atoms with van der Waals surface area (Å²) in [4.78, 5) is 23.4. The number of ether oxygens (including phenoxy) is 2. The van der Waals surface area contributed by atoms with Crippen LogP contribution in [0.15, 0.2) is 85.5 Å². The lowest BCUT2D eigenvalue weighted by atomic mass is 10.1. The number of esters is 2. The van der Waals surface area contributed by atoms with E-state index in [1.165, 1.54) is 36.4 Å². The maximum Gasteiger partial charge on any atom is 0.343 e. The third-order valence-electron chi connectivity index (χ3n) is 3.90. The molecule has 5 heteroatoms. The molecule has 3 rings (SSSR count). The largest absolute Gasteiger partial charge is 0.423 e. The van der Waals surface area contributed by atoms with Gasteiger partial charge in [-0.2, -0.15) is 0 Å². The molecule has 0 saturated heterocycles. The highest BCUT2D eigenvalue weighted by molar-refractivity contribution is 5.91. The van der Waals surface area contributed by atoms with Gasteiger partial charge in [0, 0.05) is 6.08 Å². The minimum absolute atomic E-state index is 0.277. The Morgan fingerprint density at radius 2 is 1.21 bits per heavy atom. The summed E-state index contributed by atoms with van der Waals surface area (Å²) in [6, 6.07) is 19.2. The fourth-order valence-electron chi connectivity index (χ4n) is 2.40. The van der Waals surface area contributed by atoms with E-state index >= 15 is 0 Å². The molecule has 0 spiro atoms. The Hall–Kier alpha value is -3.99. The average Bonchev–Trinajstić information content (AvgIpc) is 2.74. The summed E-state index contributed by atoms with van der Waals surface area (Å²) in [6.45, 7) is 3.32. The fraction of sp³-hybridized carbons (Fsp3) is 0. The van der Waals surface area contributed by atoms with E-state index in [1.54, 1.807) is 36.4 Å². The van der Waals surface area contributed by atoms with E-state index in [2.05, 4.69) is 6.58 Å². The van der Waals surface area contributed by atoms with E-state index in [0.29, 0.717) is 17.1 Å². The minimum atomic E-state index is -0.575. The standard InChI is InChI=1S/C24H17FO4/c1-2-23(26)28-21-15-9-19(10-16-21)24(27)29-22-13-7-18(8-14-22)4-3-17-5-11-20(25)12-6-17/h2-16H,1H2. The molecule has 0 aliphatic heterocycles. The van der Waals surface area contributed by atoms with E-state index in [0.717, 1.165) is 17.2 Å². The van der Waals surface area contributed by atoms with E-state index < -0.39 is 11.9 Å². The maximum atomic E-state index is 12.9. The van der Waals surface area contributed by atoms with Crippen molar-refractivity contribution in [2.24, 2.45) is 0 Å². The number of rotatable bonds is 6. The molecule has 0 bridgehead atoms. The molecule has 0 saturated carbocycles. The Labute approximate surface area is 167 Å². The molecule has 3 aromatic rings. The van der Waals surface area contributed by atoms with E-state index in [-0.39, 0.29) is 5.82 Å². The predicted molar refractivity (Wildman–Crippen MR) is 109 cm³/mol. The Morgan fingerprint density at radius 3 is 1.76 bits per heavy atom. The van der Waals surface area contributed by atoms with Crippen molar-refractivity contribution in [3.05, 3.63) is 108 Å². The SMILES string of the molecule is C=CC(=O)Oc1ccc(C(=O)Oc2ccc(C=Cc3ccc(F)cc3)cc2)cc1. The molecule has 4 nitrogen and oxygen atoms in total. The van der Waals surface area contributed by atoms with Crippen LogP contribution < -0.4 is 9.47 Å². The number of benzene rings is 3. The highest BCUT2D eigenvalue weighted by atomic mass is 19.1. The molecule has 0 aliphatic carbocycles. The monoisotopic (exact) mass is 388 g/mol. The fourth-order valence-corrected chi connectivity index (χ4v) is 2.40. The van der Waals surface area contributed by atoms with Gasteiger partial charge >= 0.3 is 11.9 Å². The van der Waals surface area contributed by atoms with Crippen molar-refractivity contribution in [3.8, 4) is 11.5 Å². The van der Waals surface area contributed by atoms with E-state index in [9.17, 15) is 14.0 Å². The summed E-state index contributed by atoms with van der Waals surface area (Å²) in [5, 5.41) is 0. The van der Waals surface area contributed by atoms with Crippen LogP contribution in [0.4, 0.5) is 4.39 Å². The molecule has 0 aromatic heterocycles. The average molecular weight is 388 g/mol. The Kier molecular flexibility index (Phi) is 6.32. The number of halogens is 1. The molecule has 0 fully saturated rings. The van der Waals surface area contributed by atoms with Crippen LogP contribution in [0.3, 0.4) is 0 Å². The van der Waals surface area contributed by atoms with Gasteiger partial charge < -0.3 is 9.47 Å². The van der Waals surface area contributed by atoms with Crippen LogP contribution in [0.1, 0.15) is 21.5 Å². The first-order valence-corrected chi connectivity index (χ1v) is 8.74. The van der Waals surface area contributed by atoms with Crippen molar-refractivity contribution in [2.45, 2.75) is 0 Å². The minimum Gasteiger partial charge on any atom is -0.423 e. The molecular formula is C24H17FO4. The van der Waals surface area contributed by atoms with Crippen molar-refractivity contribution < 1.29 is 23.5 Å². The highest BCUT2D eigenvalue weighted by Crippen LogP contribution is 2.18. The molecule has 0 N–H and O–H groups in total. The van der Waals surface area contributed by atoms with Gasteiger partial charge in [-0.15, -0.1) is 0 Å². The molecule has 0 atom stereocenters. The third kappa shape index (κ3) is 5.74. The van der Waals surface area contributed by atoms with E-state index in [1.807, 2.05) is 12.2 Å². The summed E-state index contributed by atoms with van der Waals surface area (Å²) in [7, 11) is 0. The lowest BCUT2D eigenvalue weighted by molar-refractivity contribution is -0.128. The van der Waals surface area contributed by atoms with Crippen molar-refractivity contribution in [2.75, 3.05) is 0 Å². The van der Waals surface area contributed by atoms with Crippen LogP contribution in [0.5, 0.6) is 11.5 Å². The van der Waals surface area contributed by atoms with Gasteiger partial charge in [0.1, 0.15) is 17.3 Å². The molecule has 0 radical (unpaired) electrons. The summed E-state index contributed by atoms with van der Waals surface area (Å²) in [5.41, 5.74) is 2.11. The van der Waals surface area contributed by atoms with Crippen LogP contribution in [0.25, 0.3) is 12.2 Å². The zero-order valence-corrected chi connectivity index (χ0v) is 15.4. The summed E-state index contributed by atoms with van der Waals surface area (Å²) in [6.07, 6.45) is 4.80. The molecular weight excluding hydrogens is 371 g/mol. The second-order valence-corrected chi connectivity index (χ2v) is 5.99. The smallest absolute Gasteiger partial charge is 0.343 e. The first kappa shape index (κ1) is 19.8. The lowest BCUT2D eigenvalue weighted by Crippen LogP contribution is -2.09. The van der Waals surface area contributed by atoms with Gasteiger partial charge in [-0.3, -0.25) is 0 Å². The summed E-state index contributed by atoms with van der Waals surface area (Å²) in [5.74, 6) is -0.671. The maximum absolute atomic E-state index is 12.9. The molecule has 3 aromatic carbocycles. The first-order valence-electron chi connectivity index (χ1n) is 8.74. The molecule has 29 heavy (non-hydrogen) atoms. The topological polar surface area (TPSA) is 52.6 Å². The zero-order valence-electron chi connectivity index (χ0n) is 15.4. The van der Waals surface area contributed by atoms with Gasteiger partial charge in [0.15, 0.2) is 0 Å². The van der Waals surface area contributed by atoms with Crippen LogP contribution in [0.2, 0.25) is 0 Å². The quantitative estimate of drug-likeness (QED) is 0.249. The highest BCUT2D eigenvalue weighted by Gasteiger charge is 2.09. The van der Waals surface area contributed by atoms with Crippen LogP contribution in [0, 0.1) is 5.82 Å². The van der Waals surface area contributed by atoms with Crippen molar-refractivity contribution >= 4 is 24.1 Å². The Bertz CT molecular complexity index is 1030. The van der Waals surface area contributed by atoms with Gasteiger partial charge in [0.05, 0.1) is 5.56 Å². The zero-order chi connectivity index (χ0) is 20.6. The van der Waals surface area contributed by atoms with Gasteiger partial charge in [-0.25, -0.2) is 14.0 Å². The Balaban J connectivity index is 1.60. The van der Waals surface area contributed by atoms with Crippen LogP contribution >= 0.6 is 0 Å². The first-order chi connectivity index (χ1) is 14.0. The number of carbonyl (C=O) groups excluding carboxylic acids is 2. The van der Waals surface area contributed by atoms with Gasteiger partial charge in [-0.05, 0) is 59.7 Å². The number of carbonyl (C=O) groups is 2. The second-order valence-electron chi connectivity index (χ2n) is 5.99. The molecule has 0 unspecified atom stereocenters. The number of hydrogen-bond acceptors (Lipinski definition) is 4.